The van der Waals surface area contributed by atoms with Gasteiger partial charge in [-0.3, -0.25) is 9.59 Å². The number of ether oxygens (including phenoxy) is 1. The van der Waals surface area contributed by atoms with Gasteiger partial charge in [0.15, 0.2) is 11.6 Å². The molecule has 5 rings (SSSR count). The van der Waals surface area contributed by atoms with Crippen LogP contribution in [0.5, 0.6) is 5.75 Å². The van der Waals surface area contributed by atoms with Crippen molar-refractivity contribution in [2.75, 3.05) is 39.8 Å². The van der Waals surface area contributed by atoms with Gasteiger partial charge in [-0.05, 0) is 61.8 Å². The lowest BCUT2D eigenvalue weighted by Crippen LogP contribution is -2.57. The van der Waals surface area contributed by atoms with Crippen LogP contribution in [0.25, 0.3) is 0 Å². The minimum atomic E-state index is -3.71. The van der Waals surface area contributed by atoms with E-state index in [9.17, 15) is 22.4 Å². The smallest absolute Gasteiger partial charge is 0.282 e. The van der Waals surface area contributed by atoms with E-state index in [-0.39, 0.29) is 49.2 Å². The van der Waals surface area contributed by atoms with Crippen LogP contribution in [0.1, 0.15) is 49.3 Å². The SMILES string of the molecule is COc1cc2c(cc1F)CC[C@@H]2NC(=O)[C@H]1CCCN1C(=O)[C@H]1CCCN(S(=O)(=O)N2CC(C#N)C2)C1. The molecule has 0 spiro atoms. The molecule has 200 valence electrons. The van der Waals surface area contributed by atoms with E-state index in [1.165, 1.54) is 21.8 Å². The molecule has 1 aromatic carbocycles. The monoisotopic (exact) mass is 533 g/mol. The zero-order valence-corrected chi connectivity index (χ0v) is 21.7. The van der Waals surface area contributed by atoms with Gasteiger partial charge in [-0.2, -0.15) is 22.3 Å². The second-order valence-electron chi connectivity index (χ2n) is 10.3. The number of halogens is 1. The fourth-order valence-corrected chi connectivity index (χ4v) is 7.73. The summed E-state index contributed by atoms with van der Waals surface area (Å²) >= 11 is 0. The molecule has 0 saturated carbocycles. The zero-order chi connectivity index (χ0) is 26.3. The third-order valence-corrected chi connectivity index (χ3v) is 10.00. The Hall–Kier alpha value is -2.75. The number of hydrogen-bond acceptors (Lipinski definition) is 6. The molecule has 1 aliphatic carbocycles. The van der Waals surface area contributed by atoms with Crippen molar-refractivity contribution < 1.29 is 27.1 Å². The number of methoxy groups -OCH3 is 1. The number of aryl methyl sites for hydroxylation is 1. The molecule has 3 fully saturated rings. The number of rotatable bonds is 6. The molecule has 0 aromatic heterocycles. The number of nitrogens with one attached hydrogen (secondary N) is 1. The highest BCUT2D eigenvalue weighted by atomic mass is 32.2. The number of carbonyl (C=O) groups excluding carboxylic acids is 2. The van der Waals surface area contributed by atoms with Gasteiger partial charge in [-0.25, -0.2) is 4.39 Å². The highest BCUT2D eigenvalue weighted by molar-refractivity contribution is 7.86. The lowest BCUT2D eigenvalue weighted by atomic mass is 9.97. The van der Waals surface area contributed by atoms with Crippen molar-refractivity contribution in [1.82, 2.24) is 18.8 Å². The maximum Gasteiger partial charge on any atom is 0.282 e. The van der Waals surface area contributed by atoms with Crippen LogP contribution in [0.4, 0.5) is 4.39 Å². The summed E-state index contributed by atoms with van der Waals surface area (Å²) in [6, 6.07) is 4.27. The van der Waals surface area contributed by atoms with Crippen molar-refractivity contribution in [3.63, 3.8) is 0 Å². The molecule has 0 radical (unpaired) electrons. The van der Waals surface area contributed by atoms with E-state index in [4.69, 9.17) is 10.00 Å². The van der Waals surface area contributed by atoms with Gasteiger partial charge in [-0.1, -0.05) is 0 Å². The van der Waals surface area contributed by atoms with Crippen molar-refractivity contribution in [3.8, 4) is 11.8 Å². The Morgan fingerprint density at radius 3 is 2.59 bits per heavy atom. The number of hydrogen-bond donors (Lipinski definition) is 1. The molecule has 12 heteroatoms. The predicted molar refractivity (Wildman–Crippen MR) is 131 cm³/mol. The summed E-state index contributed by atoms with van der Waals surface area (Å²) in [6.07, 6.45) is 3.66. The van der Waals surface area contributed by atoms with Gasteiger partial charge in [0.05, 0.1) is 31.1 Å². The normalized spacial score (nSPS) is 26.8. The number of likely N-dealkylation sites (tertiary alicyclic amines) is 1. The van der Waals surface area contributed by atoms with Crippen LogP contribution in [0, 0.1) is 29.0 Å². The van der Waals surface area contributed by atoms with Crippen molar-refractivity contribution in [2.45, 2.75) is 50.6 Å². The number of carbonyl (C=O) groups is 2. The van der Waals surface area contributed by atoms with E-state index in [2.05, 4.69) is 11.4 Å². The van der Waals surface area contributed by atoms with Crippen molar-refractivity contribution in [1.29, 1.82) is 5.26 Å². The Morgan fingerprint density at radius 1 is 1.11 bits per heavy atom. The number of nitrogens with zero attached hydrogens (tertiary/aromatic N) is 4. The molecule has 3 aliphatic heterocycles. The Bertz CT molecular complexity index is 1230. The van der Waals surface area contributed by atoms with Gasteiger partial charge in [0, 0.05) is 32.7 Å². The molecule has 37 heavy (non-hydrogen) atoms. The quantitative estimate of drug-likeness (QED) is 0.589. The first-order valence-corrected chi connectivity index (χ1v) is 14.2. The number of fused-ring (bicyclic) bond motifs is 1. The second-order valence-corrected chi connectivity index (χ2v) is 12.3. The molecule has 1 aromatic rings. The Labute approximate surface area is 216 Å². The first-order chi connectivity index (χ1) is 17.7. The summed E-state index contributed by atoms with van der Waals surface area (Å²) in [6.45, 7) is 1.25. The lowest BCUT2D eigenvalue weighted by molar-refractivity contribution is -0.142. The number of nitriles is 1. The third-order valence-electron chi connectivity index (χ3n) is 8.06. The summed E-state index contributed by atoms with van der Waals surface area (Å²) in [5.74, 6) is -1.52. The van der Waals surface area contributed by atoms with Crippen LogP contribution < -0.4 is 10.1 Å². The third kappa shape index (κ3) is 4.80. The molecule has 0 bridgehead atoms. The van der Waals surface area contributed by atoms with E-state index in [1.54, 1.807) is 11.0 Å². The number of amides is 2. The largest absolute Gasteiger partial charge is 0.494 e. The second kappa shape index (κ2) is 10.2. The highest BCUT2D eigenvalue weighted by Crippen LogP contribution is 2.36. The van der Waals surface area contributed by atoms with E-state index in [0.717, 1.165) is 11.1 Å². The van der Waals surface area contributed by atoms with Crippen LogP contribution in [-0.4, -0.2) is 79.6 Å². The number of piperidine rings is 1. The standard InChI is InChI=1S/C25H32FN5O5S/c1-36-23-11-19-17(10-20(23)26)6-7-21(19)28-24(32)22-5-3-9-31(22)25(33)18-4-2-8-29(15-18)37(34,35)30-13-16(12-27)14-30/h10-11,16,18,21-22H,2-9,13-15H2,1H3,(H,28,32)/t18-,21-,22+/m0/s1. The van der Waals surface area contributed by atoms with E-state index < -0.39 is 28.0 Å². The van der Waals surface area contributed by atoms with Crippen LogP contribution >= 0.6 is 0 Å². The molecular weight excluding hydrogens is 501 g/mol. The maximum atomic E-state index is 14.1. The average Bonchev–Trinajstić information content (AvgIpc) is 3.49. The van der Waals surface area contributed by atoms with Gasteiger partial charge in [0.1, 0.15) is 6.04 Å². The van der Waals surface area contributed by atoms with Crippen LogP contribution in [-0.2, 0) is 26.2 Å². The van der Waals surface area contributed by atoms with Gasteiger partial charge in [-0.15, -0.1) is 0 Å². The Morgan fingerprint density at radius 2 is 1.86 bits per heavy atom. The van der Waals surface area contributed by atoms with Crippen molar-refractivity contribution >= 4 is 22.0 Å². The zero-order valence-electron chi connectivity index (χ0n) is 20.9. The first kappa shape index (κ1) is 25.9. The minimum Gasteiger partial charge on any atom is -0.494 e. The molecule has 3 saturated heterocycles. The average molecular weight is 534 g/mol. The molecular formula is C25H32FN5O5S. The lowest BCUT2D eigenvalue weighted by Gasteiger charge is -2.41. The predicted octanol–water partition coefficient (Wildman–Crippen LogP) is 1.34. The summed E-state index contributed by atoms with van der Waals surface area (Å²) < 4.78 is 47.8. The van der Waals surface area contributed by atoms with E-state index in [0.29, 0.717) is 51.6 Å². The molecule has 3 atom stereocenters. The van der Waals surface area contributed by atoms with Crippen molar-refractivity contribution in [3.05, 3.63) is 29.1 Å². The highest BCUT2D eigenvalue weighted by Gasteiger charge is 2.44. The van der Waals surface area contributed by atoms with Crippen LogP contribution in [0.2, 0.25) is 0 Å². The van der Waals surface area contributed by atoms with Crippen LogP contribution in [0.15, 0.2) is 12.1 Å². The summed E-state index contributed by atoms with van der Waals surface area (Å²) in [7, 11) is -2.31. The van der Waals surface area contributed by atoms with Gasteiger partial charge in [0.25, 0.3) is 10.2 Å². The molecule has 1 N–H and O–H groups in total. The summed E-state index contributed by atoms with van der Waals surface area (Å²) in [4.78, 5) is 28.4. The Balaban J connectivity index is 1.23. The van der Waals surface area contributed by atoms with Crippen LogP contribution in [0.3, 0.4) is 0 Å². The molecule has 4 aliphatic rings. The first-order valence-electron chi connectivity index (χ1n) is 12.8. The molecule has 3 heterocycles. The summed E-state index contributed by atoms with van der Waals surface area (Å²) in [5, 5.41) is 12.0. The van der Waals surface area contributed by atoms with Gasteiger partial charge in [0.2, 0.25) is 11.8 Å². The molecule has 2 amide bonds. The van der Waals surface area contributed by atoms with Gasteiger partial charge >= 0.3 is 0 Å². The fraction of sp³-hybridized carbons (Fsp3) is 0.640. The Kier molecular flexibility index (Phi) is 7.13. The topological polar surface area (TPSA) is 123 Å². The number of benzene rings is 1. The van der Waals surface area contributed by atoms with Crippen molar-refractivity contribution in [2.24, 2.45) is 11.8 Å². The summed E-state index contributed by atoms with van der Waals surface area (Å²) in [5.41, 5.74) is 1.68. The van der Waals surface area contributed by atoms with Gasteiger partial charge < -0.3 is 15.0 Å². The maximum absolute atomic E-state index is 14.1. The molecule has 10 nitrogen and oxygen atoms in total. The minimum absolute atomic E-state index is 0.0844. The molecule has 0 unspecified atom stereocenters. The fourth-order valence-electron chi connectivity index (χ4n) is 5.94. The van der Waals surface area contributed by atoms with E-state index in [1.807, 2.05) is 0 Å². The van der Waals surface area contributed by atoms with E-state index >= 15 is 0 Å².